The number of hydrazone groups is 1. The van der Waals surface area contributed by atoms with E-state index in [1.807, 2.05) is 60.7 Å². The molecule has 0 spiro atoms. The van der Waals surface area contributed by atoms with Crippen molar-refractivity contribution >= 4 is 22.9 Å². The molecule has 0 aliphatic heterocycles. The zero-order valence-corrected chi connectivity index (χ0v) is 15.1. The van der Waals surface area contributed by atoms with E-state index in [2.05, 4.69) is 10.5 Å². The summed E-state index contributed by atoms with van der Waals surface area (Å²) in [5, 5.41) is 15.1. The predicted octanol–water partition coefficient (Wildman–Crippen LogP) is 4.42. The summed E-state index contributed by atoms with van der Waals surface area (Å²) < 4.78 is 0. The van der Waals surface area contributed by atoms with Gasteiger partial charge in [0.1, 0.15) is 5.71 Å². The van der Waals surface area contributed by atoms with Crippen LogP contribution in [0.5, 0.6) is 0 Å². The van der Waals surface area contributed by atoms with E-state index in [9.17, 15) is 14.9 Å². The number of benzene rings is 3. The lowest BCUT2D eigenvalue weighted by atomic mass is 10.0. The van der Waals surface area contributed by atoms with Crippen molar-refractivity contribution in [2.45, 2.75) is 12.8 Å². The Bertz CT molecular complexity index is 969. The molecule has 0 aliphatic rings. The number of non-ortho nitro benzene ring substituents is 1. The maximum atomic E-state index is 12.8. The van der Waals surface area contributed by atoms with Gasteiger partial charge in [0.25, 0.3) is 5.69 Å². The molecular weight excluding hydrogens is 354 g/mol. The molecule has 140 valence electrons. The Labute approximate surface area is 162 Å². The van der Waals surface area contributed by atoms with Crippen LogP contribution in [0.25, 0.3) is 0 Å². The largest absolute Gasteiger partial charge is 0.292 e. The van der Waals surface area contributed by atoms with Gasteiger partial charge in [-0.25, -0.2) is 0 Å². The SMILES string of the molecule is O=C(Cc1ccccc1)C(Cc1ccccc1)=NNc1ccc([N+](=O)[O-])cc1. The molecule has 1 N–H and O–H groups in total. The Morgan fingerprint density at radius 3 is 1.89 bits per heavy atom. The van der Waals surface area contributed by atoms with Gasteiger partial charge in [0.2, 0.25) is 0 Å². The fourth-order valence-electron chi connectivity index (χ4n) is 2.66. The Morgan fingerprint density at radius 1 is 0.821 bits per heavy atom. The van der Waals surface area contributed by atoms with Crippen LogP contribution in [0.1, 0.15) is 11.1 Å². The van der Waals surface area contributed by atoms with E-state index in [0.717, 1.165) is 11.1 Å². The lowest BCUT2D eigenvalue weighted by molar-refractivity contribution is -0.384. The first-order valence-electron chi connectivity index (χ1n) is 8.80. The maximum Gasteiger partial charge on any atom is 0.269 e. The molecular formula is C22H19N3O3. The van der Waals surface area contributed by atoms with Crippen molar-refractivity contribution in [2.75, 3.05) is 5.43 Å². The summed E-state index contributed by atoms with van der Waals surface area (Å²) in [4.78, 5) is 23.1. The quantitative estimate of drug-likeness (QED) is 0.360. The molecule has 0 saturated heterocycles. The normalized spacial score (nSPS) is 11.1. The second-order valence-electron chi connectivity index (χ2n) is 6.22. The molecule has 0 fully saturated rings. The minimum Gasteiger partial charge on any atom is -0.292 e. The fraction of sp³-hybridized carbons (Fsp3) is 0.0909. The van der Waals surface area contributed by atoms with Gasteiger partial charge in [0, 0.05) is 25.0 Å². The van der Waals surface area contributed by atoms with Crippen molar-refractivity contribution in [3.8, 4) is 0 Å². The van der Waals surface area contributed by atoms with Crippen molar-refractivity contribution in [1.29, 1.82) is 0 Å². The number of hydrogen-bond donors (Lipinski definition) is 1. The number of rotatable bonds is 8. The molecule has 0 unspecified atom stereocenters. The fourth-order valence-corrected chi connectivity index (χ4v) is 2.66. The van der Waals surface area contributed by atoms with Gasteiger partial charge in [-0.05, 0) is 23.3 Å². The molecule has 6 heteroatoms. The second kappa shape index (κ2) is 9.23. The Kier molecular flexibility index (Phi) is 6.25. The van der Waals surface area contributed by atoms with Gasteiger partial charge in [-0.2, -0.15) is 5.10 Å². The van der Waals surface area contributed by atoms with Crippen molar-refractivity contribution in [3.05, 3.63) is 106 Å². The smallest absolute Gasteiger partial charge is 0.269 e. The van der Waals surface area contributed by atoms with Crippen LogP contribution in [0, 0.1) is 10.1 Å². The minimum atomic E-state index is -0.461. The average Bonchev–Trinajstić information content (AvgIpc) is 2.73. The maximum absolute atomic E-state index is 12.8. The zero-order valence-electron chi connectivity index (χ0n) is 15.1. The van der Waals surface area contributed by atoms with Gasteiger partial charge in [0.05, 0.1) is 10.6 Å². The molecule has 0 bridgehead atoms. The number of carbonyl (C=O) groups excluding carboxylic acids is 1. The lowest BCUT2D eigenvalue weighted by Crippen LogP contribution is -2.20. The molecule has 28 heavy (non-hydrogen) atoms. The summed E-state index contributed by atoms with van der Waals surface area (Å²) in [7, 11) is 0. The first-order valence-corrected chi connectivity index (χ1v) is 8.80. The number of anilines is 1. The molecule has 0 radical (unpaired) electrons. The molecule has 0 saturated carbocycles. The topological polar surface area (TPSA) is 84.6 Å². The molecule has 3 rings (SSSR count). The number of ketones is 1. The van der Waals surface area contributed by atoms with Crippen LogP contribution in [-0.2, 0) is 17.6 Å². The molecule has 3 aromatic rings. The van der Waals surface area contributed by atoms with Crippen LogP contribution < -0.4 is 5.43 Å². The molecule has 0 heterocycles. The first-order chi connectivity index (χ1) is 13.6. The zero-order chi connectivity index (χ0) is 19.8. The number of nitro groups is 1. The summed E-state index contributed by atoms with van der Waals surface area (Å²) in [5.74, 6) is -0.0792. The average molecular weight is 373 g/mol. The number of nitrogens with zero attached hydrogens (tertiary/aromatic N) is 2. The van der Waals surface area contributed by atoms with Crippen molar-refractivity contribution in [3.63, 3.8) is 0 Å². The number of nitrogens with one attached hydrogen (secondary N) is 1. The number of Topliss-reactive ketones (excluding diaryl/α,β-unsaturated/α-hetero) is 1. The van der Waals surface area contributed by atoms with E-state index >= 15 is 0 Å². The van der Waals surface area contributed by atoms with Crippen LogP contribution in [0.2, 0.25) is 0 Å². The third-order valence-corrected chi connectivity index (χ3v) is 4.14. The van der Waals surface area contributed by atoms with Crippen molar-refractivity contribution < 1.29 is 9.72 Å². The summed E-state index contributed by atoms with van der Waals surface area (Å²) in [6.07, 6.45) is 0.654. The van der Waals surface area contributed by atoms with Gasteiger partial charge >= 0.3 is 0 Å². The highest BCUT2D eigenvalue weighted by Crippen LogP contribution is 2.15. The lowest BCUT2D eigenvalue weighted by Gasteiger charge is -2.08. The molecule has 0 atom stereocenters. The Morgan fingerprint density at radius 2 is 1.36 bits per heavy atom. The van der Waals surface area contributed by atoms with E-state index in [-0.39, 0.29) is 17.9 Å². The highest BCUT2D eigenvalue weighted by molar-refractivity contribution is 6.40. The highest BCUT2D eigenvalue weighted by Gasteiger charge is 2.14. The monoisotopic (exact) mass is 373 g/mol. The second-order valence-corrected chi connectivity index (χ2v) is 6.22. The van der Waals surface area contributed by atoms with Crippen molar-refractivity contribution in [1.82, 2.24) is 0 Å². The third-order valence-electron chi connectivity index (χ3n) is 4.14. The van der Waals surface area contributed by atoms with E-state index in [0.29, 0.717) is 17.8 Å². The number of carbonyl (C=O) groups is 1. The van der Waals surface area contributed by atoms with Crippen LogP contribution in [0.15, 0.2) is 90.0 Å². The van der Waals surface area contributed by atoms with Crippen LogP contribution in [0.3, 0.4) is 0 Å². The van der Waals surface area contributed by atoms with Crippen LogP contribution in [-0.4, -0.2) is 16.4 Å². The van der Waals surface area contributed by atoms with Crippen LogP contribution >= 0.6 is 0 Å². The van der Waals surface area contributed by atoms with Gasteiger partial charge in [-0.3, -0.25) is 20.3 Å². The summed E-state index contributed by atoms with van der Waals surface area (Å²) in [6.45, 7) is 0. The van der Waals surface area contributed by atoms with Gasteiger partial charge in [-0.15, -0.1) is 0 Å². The summed E-state index contributed by atoms with van der Waals surface area (Å²) in [6, 6.07) is 25.0. The molecule has 0 aliphatic carbocycles. The van der Waals surface area contributed by atoms with E-state index in [1.165, 1.54) is 12.1 Å². The summed E-state index contributed by atoms with van der Waals surface area (Å²) in [5.41, 5.74) is 5.71. The molecule has 3 aromatic carbocycles. The number of hydrogen-bond acceptors (Lipinski definition) is 5. The van der Waals surface area contributed by atoms with Gasteiger partial charge in [-0.1, -0.05) is 60.7 Å². The Balaban J connectivity index is 1.79. The molecule has 0 aromatic heterocycles. The Hall–Kier alpha value is -3.80. The van der Waals surface area contributed by atoms with Gasteiger partial charge in [0.15, 0.2) is 5.78 Å². The van der Waals surface area contributed by atoms with Gasteiger partial charge < -0.3 is 0 Å². The molecule has 6 nitrogen and oxygen atoms in total. The van der Waals surface area contributed by atoms with E-state index in [1.54, 1.807) is 12.1 Å². The van der Waals surface area contributed by atoms with E-state index < -0.39 is 4.92 Å². The highest BCUT2D eigenvalue weighted by atomic mass is 16.6. The third kappa shape index (κ3) is 5.35. The molecule has 0 amide bonds. The number of nitro benzene ring substituents is 1. The summed E-state index contributed by atoms with van der Waals surface area (Å²) >= 11 is 0. The minimum absolute atomic E-state index is 0.000748. The van der Waals surface area contributed by atoms with Crippen molar-refractivity contribution in [2.24, 2.45) is 5.10 Å². The van der Waals surface area contributed by atoms with E-state index in [4.69, 9.17) is 0 Å². The first kappa shape index (κ1) is 19.0. The standard InChI is InChI=1S/C22H19N3O3/c26-22(16-18-9-5-2-6-10-18)21(15-17-7-3-1-4-8-17)24-23-19-11-13-20(14-12-19)25(27)28/h1-14,23H,15-16H2. The predicted molar refractivity (Wildman–Crippen MR) is 109 cm³/mol. The van der Waals surface area contributed by atoms with Crippen LogP contribution in [0.4, 0.5) is 11.4 Å².